The molecule has 1 aromatic heterocycles. The minimum atomic E-state index is -0.274. The summed E-state index contributed by atoms with van der Waals surface area (Å²) in [5, 5.41) is 7.26. The molecule has 3 aromatic carbocycles. The Hall–Kier alpha value is -3.24. The van der Waals surface area contributed by atoms with Crippen molar-refractivity contribution in [3.05, 3.63) is 88.6 Å². The van der Waals surface area contributed by atoms with E-state index < -0.39 is 0 Å². The summed E-state index contributed by atoms with van der Waals surface area (Å²) in [5.41, 5.74) is 5.74. The third-order valence-electron chi connectivity index (χ3n) is 4.36. The fourth-order valence-electron chi connectivity index (χ4n) is 3.00. The van der Waals surface area contributed by atoms with Crippen molar-refractivity contribution in [1.29, 1.82) is 0 Å². The fourth-order valence-corrected chi connectivity index (χ4v) is 3.20. The number of amides is 1. The number of halogens is 1. The average molecular weight is 374 g/mol. The maximum atomic E-state index is 12.5. The number of pyridine rings is 1. The highest BCUT2D eigenvalue weighted by atomic mass is 35.5. The van der Waals surface area contributed by atoms with E-state index in [0.717, 1.165) is 27.2 Å². The first-order valence-electron chi connectivity index (χ1n) is 8.50. The molecule has 132 valence electrons. The van der Waals surface area contributed by atoms with E-state index in [4.69, 9.17) is 11.6 Å². The molecular formula is C22H16ClN3O. The molecule has 0 aliphatic rings. The summed E-state index contributed by atoms with van der Waals surface area (Å²) in [7, 11) is 0. The molecule has 0 aliphatic heterocycles. The van der Waals surface area contributed by atoms with Crippen LogP contribution >= 0.6 is 11.6 Å². The second-order valence-electron chi connectivity index (χ2n) is 6.29. The van der Waals surface area contributed by atoms with E-state index in [1.54, 1.807) is 6.07 Å². The van der Waals surface area contributed by atoms with E-state index in [-0.39, 0.29) is 5.91 Å². The van der Waals surface area contributed by atoms with Crippen LogP contribution in [0.1, 0.15) is 21.5 Å². The van der Waals surface area contributed by atoms with Gasteiger partial charge >= 0.3 is 0 Å². The average Bonchev–Trinajstić information content (AvgIpc) is 2.68. The van der Waals surface area contributed by atoms with Gasteiger partial charge < -0.3 is 0 Å². The zero-order chi connectivity index (χ0) is 18.8. The molecule has 0 radical (unpaired) electrons. The molecule has 5 heteroatoms. The van der Waals surface area contributed by atoms with E-state index >= 15 is 0 Å². The monoisotopic (exact) mass is 373 g/mol. The van der Waals surface area contributed by atoms with Gasteiger partial charge in [-0.2, -0.15) is 5.10 Å². The molecule has 0 fully saturated rings. The molecule has 0 bridgehead atoms. The lowest BCUT2D eigenvalue weighted by Gasteiger charge is -2.05. The van der Waals surface area contributed by atoms with Crippen LogP contribution in [0.5, 0.6) is 0 Å². The topological polar surface area (TPSA) is 54.4 Å². The molecule has 0 saturated carbocycles. The molecule has 1 heterocycles. The maximum Gasteiger partial charge on any atom is 0.271 e. The number of nitrogens with one attached hydrogen (secondary N) is 1. The van der Waals surface area contributed by atoms with Crippen molar-refractivity contribution in [2.45, 2.75) is 6.92 Å². The SMILES string of the molecule is Cc1ccc2cc(/C=N/NC(=O)c3cccc4ccccc34)c(Cl)nc2c1. The standard InChI is InChI=1S/C22H16ClN3O/c1-14-9-10-16-12-17(21(23)25-20(16)11-14)13-24-26-22(27)19-8-4-6-15-5-2-3-7-18(15)19/h2-13H,1H3,(H,26,27)/b24-13+. The Morgan fingerprint density at radius 1 is 1.04 bits per heavy atom. The summed E-state index contributed by atoms with van der Waals surface area (Å²) in [5.74, 6) is -0.274. The Balaban J connectivity index is 1.58. The van der Waals surface area contributed by atoms with Gasteiger partial charge in [-0.3, -0.25) is 4.79 Å². The zero-order valence-electron chi connectivity index (χ0n) is 14.6. The lowest BCUT2D eigenvalue weighted by Crippen LogP contribution is -2.18. The predicted molar refractivity (Wildman–Crippen MR) is 110 cm³/mol. The lowest BCUT2D eigenvalue weighted by atomic mass is 10.0. The molecule has 0 aliphatic carbocycles. The maximum absolute atomic E-state index is 12.5. The molecule has 4 aromatic rings. The normalized spacial score (nSPS) is 11.3. The molecule has 4 rings (SSSR count). The van der Waals surface area contributed by atoms with E-state index in [1.165, 1.54) is 6.21 Å². The van der Waals surface area contributed by atoms with Crippen molar-refractivity contribution in [3.8, 4) is 0 Å². The summed E-state index contributed by atoms with van der Waals surface area (Å²) < 4.78 is 0. The summed E-state index contributed by atoms with van der Waals surface area (Å²) in [6, 6.07) is 21.2. The zero-order valence-corrected chi connectivity index (χ0v) is 15.4. The lowest BCUT2D eigenvalue weighted by molar-refractivity contribution is 0.0957. The second kappa shape index (κ2) is 7.17. The highest BCUT2D eigenvalue weighted by Gasteiger charge is 2.09. The number of nitrogens with zero attached hydrogens (tertiary/aromatic N) is 2. The number of carbonyl (C=O) groups is 1. The van der Waals surface area contributed by atoms with Gasteiger partial charge in [0.25, 0.3) is 5.91 Å². The van der Waals surface area contributed by atoms with Crippen LogP contribution < -0.4 is 5.43 Å². The number of carbonyl (C=O) groups excluding carboxylic acids is 1. The first-order chi connectivity index (χ1) is 13.1. The van der Waals surface area contributed by atoms with Crippen molar-refractivity contribution < 1.29 is 4.79 Å². The Bertz CT molecular complexity index is 1200. The first-order valence-corrected chi connectivity index (χ1v) is 8.88. The van der Waals surface area contributed by atoms with Gasteiger partial charge in [0.05, 0.1) is 11.7 Å². The minimum Gasteiger partial charge on any atom is -0.267 e. The van der Waals surface area contributed by atoms with Gasteiger partial charge in [0.1, 0.15) is 5.15 Å². The fraction of sp³-hybridized carbons (Fsp3) is 0.0455. The van der Waals surface area contributed by atoms with Crippen LogP contribution in [-0.2, 0) is 0 Å². The van der Waals surface area contributed by atoms with Gasteiger partial charge in [0.15, 0.2) is 0 Å². The van der Waals surface area contributed by atoms with Crippen LogP contribution in [0, 0.1) is 6.92 Å². The molecule has 1 amide bonds. The van der Waals surface area contributed by atoms with E-state index in [0.29, 0.717) is 16.3 Å². The molecule has 0 spiro atoms. The molecule has 27 heavy (non-hydrogen) atoms. The van der Waals surface area contributed by atoms with Gasteiger partial charge in [0, 0.05) is 16.5 Å². The summed E-state index contributed by atoms with van der Waals surface area (Å²) >= 11 is 6.25. The van der Waals surface area contributed by atoms with Crippen LogP contribution in [0.2, 0.25) is 5.15 Å². The molecular weight excluding hydrogens is 358 g/mol. The van der Waals surface area contributed by atoms with Crippen LogP contribution in [0.25, 0.3) is 21.7 Å². The second-order valence-corrected chi connectivity index (χ2v) is 6.65. The van der Waals surface area contributed by atoms with Gasteiger partial charge in [-0.1, -0.05) is 60.1 Å². The highest BCUT2D eigenvalue weighted by Crippen LogP contribution is 2.21. The molecule has 4 nitrogen and oxygen atoms in total. The highest BCUT2D eigenvalue weighted by molar-refractivity contribution is 6.32. The summed E-state index contributed by atoms with van der Waals surface area (Å²) in [4.78, 5) is 16.9. The predicted octanol–water partition coefficient (Wildman–Crippen LogP) is 5.11. The van der Waals surface area contributed by atoms with Crippen molar-refractivity contribution in [1.82, 2.24) is 10.4 Å². The number of hydrazone groups is 1. The van der Waals surface area contributed by atoms with E-state index in [9.17, 15) is 4.79 Å². The summed E-state index contributed by atoms with van der Waals surface area (Å²) in [6.45, 7) is 2.01. The third-order valence-corrected chi connectivity index (χ3v) is 4.66. The van der Waals surface area contributed by atoms with Crippen LogP contribution in [0.15, 0.2) is 71.8 Å². The van der Waals surface area contributed by atoms with Gasteiger partial charge in [-0.25, -0.2) is 10.4 Å². The molecule has 0 atom stereocenters. The van der Waals surface area contributed by atoms with Crippen molar-refractivity contribution in [2.24, 2.45) is 5.10 Å². The van der Waals surface area contributed by atoms with Crippen LogP contribution in [-0.4, -0.2) is 17.1 Å². The Morgan fingerprint density at radius 2 is 1.85 bits per heavy atom. The quantitative estimate of drug-likeness (QED) is 0.308. The van der Waals surface area contributed by atoms with Gasteiger partial charge in [0.2, 0.25) is 0 Å². The molecule has 0 unspecified atom stereocenters. The number of fused-ring (bicyclic) bond motifs is 2. The van der Waals surface area contributed by atoms with E-state index in [2.05, 4.69) is 15.5 Å². The first kappa shape index (κ1) is 17.2. The van der Waals surface area contributed by atoms with Crippen molar-refractivity contribution >= 4 is 45.4 Å². The molecule has 1 N–H and O–H groups in total. The Kier molecular flexibility index (Phi) is 4.57. The number of benzene rings is 3. The Morgan fingerprint density at radius 3 is 2.74 bits per heavy atom. The number of hydrogen-bond acceptors (Lipinski definition) is 3. The third kappa shape index (κ3) is 3.52. The minimum absolute atomic E-state index is 0.274. The number of aromatic nitrogens is 1. The molecule has 0 saturated heterocycles. The van der Waals surface area contributed by atoms with Crippen molar-refractivity contribution in [3.63, 3.8) is 0 Å². The Labute approximate surface area is 161 Å². The van der Waals surface area contributed by atoms with Crippen LogP contribution in [0.3, 0.4) is 0 Å². The van der Waals surface area contributed by atoms with Crippen molar-refractivity contribution in [2.75, 3.05) is 0 Å². The number of rotatable bonds is 3. The smallest absolute Gasteiger partial charge is 0.267 e. The van der Waals surface area contributed by atoms with Gasteiger partial charge in [-0.05, 0) is 41.5 Å². The number of hydrogen-bond donors (Lipinski definition) is 1. The van der Waals surface area contributed by atoms with E-state index in [1.807, 2.05) is 67.6 Å². The number of aryl methyl sites for hydroxylation is 1. The van der Waals surface area contributed by atoms with Gasteiger partial charge in [-0.15, -0.1) is 0 Å². The largest absolute Gasteiger partial charge is 0.271 e. The summed E-state index contributed by atoms with van der Waals surface area (Å²) in [6.07, 6.45) is 1.51. The van der Waals surface area contributed by atoms with Crippen LogP contribution in [0.4, 0.5) is 0 Å².